The van der Waals surface area contributed by atoms with Gasteiger partial charge in [0.1, 0.15) is 24.5 Å². The molecule has 0 aliphatic carbocycles. The van der Waals surface area contributed by atoms with E-state index in [0.29, 0.717) is 24.0 Å². The van der Waals surface area contributed by atoms with E-state index >= 15 is 0 Å². The van der Waals surface area contributed by atoms with Crippen LogP contribution in [0.1, 0.15) is 37.2 Å². The van der Waals surface area contributed by atoms with Crippen LogP contribution in [0.4, 0.5) is 16.6 Å². The summed E-state index contributed by atoms with van der Waals surface area (Å²) in [5, 5.41) is 17.1. The fourth-order valence-electron chi connectivity index (χ4n) is 3.31. The van der Waals surface area contributed by atoms with Crippen LogP contribution in [-0.2, 0) is 17.6 Å². The summed E-state index contributed by atoms with van der Waals surface area (Å²) >= 11 is 0. The first-order valence-electron chi connectivity index (χ1n) is 10.1. The van der Waals surface area contributed by atoms with Crippen molar-refractivity contribution in [2.75, 3.05) is 16.8 Å². The molecule has 1 aliphatic rings. The van der Waals surface area contributed by atoms with Crippen LogP contribution in [0, 0.1) is 0 Å². The number of nitrogens with one attached hydrogen (secondary N) is 1. The van der Waals surface area contributed by atoms with E-state index in [1.807, 2.05) is 25.1 Å². The Kier molecular flexibility index (Phi) is 6.08. The molecule has 1 fully saturated rings. The first-order chi connectivity index (χ1) is 15.0. The Labute approximate surface area is 179 Å². The Morgan fingerprint density at radius 3 is 2.77 bits per heavy atom. The average Bonchev–Trinajstić information content (AvgIpc) is 3.40. The third-order valence-electron chi connectivity index (χ3n) is 5.03. The van der Waals surface area contributed by atoms with Gasteiger partial charge in [-0.25, -0.2) is 9.78 Å². The Hall–Kier alpha value is -3.53. The van der Waals surface area contributed by atoms with Gasteiger partial charge in [0.25, 0.3) is 0 Å². The van der Waals surface area contributed by atoms with Crippen molar-refractivity contribution in [1.82, 2.24) is 20.1 Å². The molecule has 0 saturated carbocycles. The van der Waals surface area contributed by atoms with Crippen molar-refractivity contribution in [3.63, 3.8) is 0 Å². The maximum absolute atomic E-state index is 12.1. The zero-order valence-electron chi connectivity index (χ0n) is 17.3. The fraction of sp³-hybridized carbons (Fsp3) is 0.381. The van der Waals surface area contributed by atoms with Gasteiger partial charge in [0, 0.05) is 12.6 Å². The number of aryl methyl sites for hydroxylation is 2. The normalized spacial score (nSPS) is 18.0. The van der Waals surface area contributed by atoms with Crippen LogP contribution in [0.15, 0.2) is 47.1 Å². The average molecular weight is 424 g/mol. The van der Waals surface area contributed by atoms with E-state index in [4.69, 9.17) is 9.26 Å². The number of hydrogen-bond acceptors (Lipinski definition) is 9. The molecule has 1 amide bonds. The molecule has 10 heteroatoms. The van der Waals surface area contributed by atoms with Crippen molar-refractivity contribution < 1.29 is 19.2 Å². The molecule has 1 aromatic carbocycles. The van der Waals surface area contributed by atoms with E-state index in [1.165, 1.54) is 16.7 Å². The summed E-state index contributed by atoms with van der Waals surface area (Å²) in [5.41, 5.74) is 1.21. The number of benzene rings is 1. The van der Waals surface area contributed by atoms with E-state index < -0.39 is 18.2 Å². The lowest BCUT2D eigenvalue weighted by Crippen LogP contribution is -2.41. The molecule has 3 aromatic rings. The van der Waals surface area contributed by atoms with Crippen LogP contribution < -0.4 is 10.2 Å². The number of carbonyl (C=O) groups is 1. The molecule has 0 spiro atoms. The van der Waals surface area contributed by atoms with Crippen LogP contribution in [-0.4, -0.2) is 50.1 Å². The zero-order chi connectivity index (χ0) is 21.8. The highest BCUT2D eigenvalue weighted by Gasteiger charge is 2.38. The molecule has 10 nitrogen and oxygen atoms in total. The first kappa shape index (κ1) is 20.7. The largest absolute Gasteiger partial charge is 0.447 e. The Bertz CT molecular complexity index is 1030. The van der Waals surface area contributed by atoms with E-state index in [2.05, 4.69) is 37.6 Å². The number of aromatic nitrogens is 4. The molecule has 2 N–H and O–H groups in total. The number of amides is 1. The molecule has 31 heavy (non-hydrogen) atoms. The van der Waals surface area contributed by atoms with Gasteiger partial charge in [-0.15, -0.1) is 0 Å². The molecule has 1 saturated heterocycles. The van der Waals surface area contributed by atoms with Crippen molar-refractivity contribution in [2.45, 2.75) is 44.9 Å². The van der Waals surface area contributed by atoms with Crippen molar-refractivity contribution in [1.29, 1.82) is 0 Å². The molecular weight excluding hydrogens is 400 g/mol. The zero-order valence-corrected chi connectivity index (χ0v) is 17.3. The molecule has 1 aliphatic heterocycles. The predicted octanol–water partition coefficient (Wildman–Crippen LogP) is 2.52. The second-order valence-corrected chi connectivity index (χ2v) is 7.39. The molecule has 0 radical (unpaired) electrons. The molecular formula is C21H24N6O4. The lowest BCUT2D eigenvalue weighted by atomic mass is 10.1. The molecule has 4 rings (SSSR count). The van der Waals surface area contributed by atoms with Gasteiger partial charge in [0.15, 0.2) is 5.82 Å². The molecule has 2 aromatic heterocycles. The number of carbonyl (C=O) groups excluding carboxylic acids is 1. The third-order valence-corrected chi connectivity index (χ3v) is 5.03. The number of hydrogen-bond donors (Lipinski definition) is 2. The van der Waals surface area contributed by atoms with Crippen molar-refractivity contribution in [3.05, 3.63) is 59.9 Å². The highest BCUT2D eigenvalue weighted by molar-refractivity contribution is 5.89. The molecule has 162 valence electrons. The summed E-state index contributed by atoms with van der Waals surface area (Å²) in [6, 6.07) is 10.9. The summed E-state index contributed by atoms with van der Waals surface area (Å²) in [7, 11) is 0. The van der Waals surface area contributed by atoms with E-state index in [-0.39, 0.29) is 18.6 Å². The highest BCUT2D eigenvalue weighted by atomic mass is 16.6. The van der Waals surface area contributed by atoms with Crippen LogP contribution >= 0.6 is 0 Å². The molecule has 0 unspecified atom stereocenters. The van der Waals surface area contributed by atoms with Crippen LogP contribution in [0.3, 0.4) is 0 Å². The van der Waals surface area contributed by atoms with Crippen molar-refractivity contribution in [2.24, 2.45) is 0 Å². The van der Waals surface area contributed by atoms with E-state index in [0.717, 1.165) is 6.42 Å². The maximum Gasteiger partial charge on any atom is 0.416 e. The van der Waals surface area contributed by atoms with E-state index in [1.54, 1.807) is 13.0 Å². The minimum absolute atomic E-state index is 0.105. The van der Waals surface area contributed by atoms with E-state index in [9.17, 15) is 9.90 Å². The number of nitrogens with zero attached hydrogens (tertiary/aromatic N) is 5. The maximum atomic E-state index is 12.1. The van der Waals surface area contributed by atoms with Gasteiger partial charge in [-0.2, -0.15) is 9.97 Å². The molecule has 0 bridgehead atoms. The van der Waals surface area contributed by atoms with Gasteiger partial charge in [-0.3, -0.25) is 4.90 Å². The number of ether oxygens (including phenoxy) is 1. The summed E-state index contributed by atoms with van der Waals surface area (Å²) in [5.74, 6) is 1.67. The Morgan fingerprint density at radius 2 is 2.00 bits per heavy atom. The quantitative estimate of drug-likeness (QED) is 0.561. The highest BCUT2D eigenvalue weighted by Crippen LogP contribution is 2.24. The number of aliphatic hydroxyl groups is 1. The van der Waals surface area contributed by atoms with Gasteiger partial charge < -0.3 is 19.7 Å². The lowest BCUT2D eigenvalue weighted by molar-refractivity contribution is 0.142. The van der Waals surface area contributed by atoms with Gasteiger partial charge in [0.05, 0.1) is 6.10 Å². The molecule has 3 atom stereocenters. The second-order valence-electron chi connectivity index (χ2n) is 7.39. The number of aliphatic hydroxyl groups excluding tert-OH is 1. The SMILES string of the molecule is C[C@H](Nc1nccc(N2C(=O)OC[C@@H]2[C@@H](C)O)n1)c1nc(CCc2ccccc2)no1. The van der Waals surface area contributed by atoms with Gasteiger partial charge in [-0.05, 0) is 31.9 Å². The van der Waals surface area contributed by atoms with Gasteiger partial charge in [0.2, 0.25) is 11.8 Å². The lowest BCUT2D eigenvalue weighted by Gasteiger charge is -2.22. The predicted molar refractivity (Wildman–Crippen MR) is 112 cm³/mol. The van der Waals surface area contributed by atoms with Crippen LogP contribution in [0.5, 0.6) is 0 Å². The van der Waals surface area contributed by atoms with Gasteiger partial charge in [-0.1, -0.05) is 35.5 Å². The van der Waals surface area contributed by atoms with Crippen LogP contribution in [0.2, 0.25) is 0 Å². The first-order valence-corrected chi connectivity index (χ1v) is 10.1. The number of rotatable bonds is 8. The van der Waals surface area contributed by atoms with Gasteiger partial charge >= 0.3 is 6.09 Å². The minimum Gasteiger partial charge on any atom is -0.447 e. The van der Waals surface area contributed by atoms with Crippen molar-refractivity contribution >= 4 is 17.9 Å². The molecule has 3 heterocycles. The Morgan fingerprint density at radius 1 is 1.19 bits per heavy atom. The topological polar surface area (TPSA) is 127 Å². The van der Waals surface area contributed by atoms with Crippen LogP contribution in [0.25, 0.3) is 0 Å². The monoisotopic (exact) mass is 424 g/mol. The summed E-state index contributed by atoms with van der Waals surface area (Å²) in [6.07, 6.45) is 1.71. The standard InChI is InChI=1S/C21H24N6O4/c1-13(19-24-17(26-31-19)9-8-15-6-4-3-5-7-15)23-20-22-11-10-18(25-20)27-16(14(2)28)12-30-21(27)29/h3-7,10-11,13-14,16,28H,8-9,12H2,1-2H3,(H,22,23,25)/t13-,14+,16+/m0/s1. The summed E-state index contributed by atoms with van der Waals surface area (Å²) < 4.78 is 10.4. The minimum atomic E-state index is -0.760. The number of cyclic esters (lactones) is 1. The fourth-order valence-corrected chi connectivity index (χ4v) is 3.31. The third kappa shape index (κ3) is 4.80. The number of anilines is 2. The van der Waals surface area contributed by atoms with Crippen molar-refractivity contribution in [3.8, 4) is 0 Å². The second kappa shape index (κ2) is 9.09. The summed E-state index contributed by atoms with van der Waals surface area (Å²) in [4.78, 5) is 26.5. The Balaban J connectivity index is 1.41. The summed E-state index contributed by atoms with van der Waals surface area (Å²) in [6.45, 7) is 3.56. The smallest absolute Gasteiger partial charge is 0.416 e.